The van der Waals surface area contributed by atoms with Gasteiger partial charge in [0.15, 0.2) is 0 Å². The van der Waals surface area contributed by atoms with Crippen LogP contribution < -0.4 is 5.73 Å². The zero-order chi connectivity index (χ0) is 9.84. The van der Waals surface area contributed by atoms with Crippen molar-refractivity contribution >= 4 is 12.4 Å². The number of nitrogens with two attached hydrogens (primary N) is 1. The molecule has 0 fully saturated rings. The van der Waals surface area contributed by atoms with E-state index in [-0.39, 0.29) is 25.1 Å². The highest BCUT2D eigenvalue weighted by Gasteiger charge is 2.06. The van der Waals surface area contributed by atoms with Crippen LogP contribution in [0.1, 0.15) is 16.7 Å². The van der Waals surface area contributed by atoms with E-state index in [2.05, 4.69) is 26.0 Å². The predicted molar refractivity (Wildman–Crippen MR) is 61.9 cm³/mol. The van der Waals surface area contributed by atoms with Gasteiger partial charge in [-0.15, -0.1) is 12.4 Å². The van der Waals surface area contributed by atoms with Crippen LogP contribution in [0, 0.1) is 13.8 Å². The van der Waals surface area contributed by atoms with Crippen molar-refractivity contribution in [3.63, 3.8) is 0 Å². The molecule has 0 saturated carbocycles. The quantitative estimate of drug-likeness (QED) is 0.805. The number of aliphatic hydroxyl groups excluding tert-OH is 1. The van der Waals surface area contributed by atoms with Crippen molar-refractivity contribution in [1.29, 1.82) is 0 Å². The lowest BCUT2D eigenvalue weighted by Crippen LogP contribution is -2.27. The van der Waals surface area contributed by atoms with E-state index in [1.807, 2.05) is 6.07 Å². The first kappa shape index (κ1) is 13.4. The van der Waals surface area contributed by atoms with Gasteiger partial charge in [-0.2, -0.15) is 0 Å². The molecule has 1 atom stereocenters. The molecule has 0 saturated heterocycles. The highest BCUT2D eigenvalue weighted by Crippen LogP contribution is 2.14. The van der Waals surface area contributed by atoms with Crippen LogP contribution in [0.3, 0.4) is 0 Å². The number of aryl methyl sites for hydroxylation is 2. The number of hydrogen-bond donors (Lipinski definition) is 2. The number of aliphatic hydroxyl groups is 1. The van der Waals surface area contributed by atoms with Crippen LogP contribution in [0.25, 0.3) is 0 Å². The second-order valence-electron chi connectivity index (χ2n) is 3.52. The Labute approximate surface area is 91.5 Å². The first-order valence-corrected chi connectivity index (χ1v) is 4.56. The van der Waals surface area contributed by atoms with Gasteiger partial charge >= 0.3 is 0 Å². The third-order valence-electron chi connectivity index (χ3n) is 2.35. The topological polar surface area (TPSA) is 46.2 Å². The predicted octanol–water partition coefficient (Wildman–Crippen LogP) is 1.59. The minimum atomic E-state index is -0.139. The summed E-state index contributed by atoms with van der Waals surface area (Å²) in [6.45, 7) is 4.20. The van der Waals surface area contributed by atoms with Crippen molar-refractivity contribution < 1.29 is 5.11 Å². The van der Waals surface area contributed by atoms with Gasteiger partial charge in [0, 0.05) is 6.04 Å². The first-order valence-electron chi connectivity index (χ1n) is 4.56. The van der Waals surface area contributed by atoms with Gasteiger partial charge in [-0.25, -0.2) is 0 Å². The van der Waals surface area contributed by atoms with Gasteiger partial charge in [0.25, 0.3) is 0 Å². The zero-order valence-corrected chi connectivity index (χ0v) is 9.47. The average Bonchev–Trinajstić information content (AvgIpc) is 2.11. The summed E-state index contributed by atoms with van der Waals surface area (Å²) >= 11 is 0. The molecule has 0 spiro atoms. The summed E-state index contributed by atoms with van der Waals surface area (Å²) in [6.07, 6.45) is 0.759. The van der Waals surface area contributed by atoms with Crippen molar-refractivity contribution in [2.75, 3.05) is 6.61 Å². The molecule has 0 radical (unpaired) electrons. The summed E-state index contributed by atoms with van der Waals surface area (Å²) in [5.74, 6) is 0. The van der Waals surface area contributed by atoms with E-state index in [4.69, 9.17) is 10.8 Å². The molecular weight excluding hydrogens is 198 g/mol. The number of rotatable bonds is 3. The Morgan fingerprint density at radius 3 is 2.21 bits per heavy atom. The van der Waals surface area contributed by atoms with E-state index in [9.17, 15) is 0 Å². The summed E-state index contributed by atoms with van der Waals surface area (Å²) in [6, 6.07) is 6.05. The fourth-order valence-electron chi connectivity index (χ4n) is 1.50. The van der Waals surface area contributed by atoms with Gasteiger partial charge in [0.2, 0.25) is 0 Å². The Kier molecular flexibility index (Phi) is 5.77. The number of halogens is 1. The molecule has 3 N–H and O–H groups in total. The lowest BCUT2D eigenvalue weighted by molar-refractivity contribution is 0.265. The maximum atomic E-state index is 8.85. The van der Waals surface area contributed by atoms with Crippen LogP contribution >= 0.6 is 12.4 Å². The second-order valence-corrected chi connectivity index (χ2v) is 3.52. The molecule has 3 heteroatoms. The van der Waals surface area contributed by atoms with Crippen molar-refractivity contribution in [3.8, 4) is 0 Å². The van der Waals surface area contributed by atoms with Crippen LogP contribution in [-0.2, 0) is 6.42 Å². The summed E-state index contributed by atoms with van der Waals surface area (Å²) in [4.78, 5) is 0. The van der Waals surface area contributed by atoms with Crippen LogP contribution in [0.5, 0.6) is 0 Å². The van der Waals surface area contributed by atoms with Gasteiger partial charge in [0.05, 0.1) is 6.61 Å². The Balaban J connectivity index is 0.00000169. The van der Waals surface area contributed by atoms with E-state index < -0.39 is 0 Å². The van der Waals surface area contributed by atoms with Gasteiger partial charge < -0.3 is 10.8 Å². The summed E-state index contributed by atoms with van der Waals surface area (Å²) in [7, 11) is 0. The number of hydrogen-bond acceptors (Lipinski definition) is 2. The minimum absolute atomic E-state index is 0. The highest BCUT2D eigenvalue weighted by molar-refractivity contribution is 5.85. The van der Waals surface area contributed by atoms with Gasteiger partial charge in [-0.05, 0) is 37.0 Å². The van der Waals surface area contributed by atoms with Crippen LogP contribution in [-0.4, -0.2) is 17.8 Å². The van der Waals surface area contributed by atoms with Gasteiger partial charge in [-0.1, -0.05) is 18.2 Å². The molecule has 1 aromatic rings. The van der Waals surface area contributed by atoms with E-state index in [1.165, 1.54) is 16.7 Å². The summed E-state index contributed by atoms with van der Waals surface area (Å²) < 4.78 is 0. The third-order valence-corrected chi connectivity index (χ3v) is 2.35. The lowest BCUT2D eigenvalue weighted by Gasteiger charge is -2.13. The maximum Gasteiger partial charge on any atom is 0.0585 e. The molecular formula is C11H18ClNO. The molecule has 0 heterocycles. The van der Waals surface area contributed by atoms with Crippen LogP contribution in [0.2, 0.25) is 0 Å². The molecule has 0 aliphatic rings. The molecule has 1 unspecified atom stereocenters. The second kappa shape index (κ2) is 6.02. The Morgan fingerprint density at radius 2 is 1.79 bits per heavy atom. The Morgan fingerprint density at radius 1 is 1.29 bits per heavy atom. The summed E-state index contributed by atoms with van der Waals surface area (Å²) in [5, 5.41) is 8.85. The molecule has 0 aliphatic carbocycles. The Hall–Kier alpha value is -0.570. The van der Waals surface area contributed by atoms with Crippen LogP contribution in [0.4, 0.5) is 0 Å². The van der Waals surface area contributed by atoms with Crippen LogP contribution in [0.15, 0.2) is 18.2 Å². The van der Waals surface area contributed by atoms with Crippen molar-refractivity contribution in [2.24, 2.45) is 5.73 Å². The normalized spacial score (nSPS) is 12.0. The smallest absolute Gasteiger partial charge is 0.0585 e. The SMILES string of the molecule is Cc1cccc(C)c1CC(N)CO.Cl. The van der Waals surface area contributed by atoms with Crippen molar-refractivity contribution in [3.05, 3.63) is 34.9 Å². The maximum absolute atomic E-state index is 8.85. The minimum Gasteiger partial charge on any atom is -0.395 e. The molecule has 14 heavy (non-hydrogen) atoms. The molecule has 1 rings (SSSR count). The van der Waals surface area contributed by atoms with E-state index in [0.29, 0.717) is 0 Å². The summed E-state index contributed by atoms with van der Waals surface area (Å²) in [5.41, 5.74) is 9.47. The lowest BCUT2D eigenvalue weighted by atomic mass is 9.97. The Bertz CT molecular complexity index is 268. The van der Waals surface area contributed by atoms with E-state index in [1.54, 1.807) is 0 Å². The number of benzene rings is 1. The largest absolute Gasteiger partial charge is 0.395 e. The van der Waals surface area contributed by atoms with Gasteiger partial charge in [0.1, 0.15) is 0 Å². The first-order chi connectivity index (χ1) is 6.15. The molecule has 0 aromatic heterocycles. The molecule has 80 valence electrons. The fraction of sp³-hybridized carbons (Fsp3) is 0.455. The standard InChI is InChI=1S/C11H17NO.ClH/c1-8-4-3-5-9(2)11(8)6-10(12)7-13;/h3-5,10,13H,6-7,12H2,1-2H3;1H. The van der Waals surface area contributed by atoms with Crippen molar-refractivity contribution in [2.45, 2.75) is 26.3 Å². The van der Waals surface area contributed by atoms with Gasteiger partial charge in [-0.3, -0.25) is 0 Å². The molecule has 1 aromatic carbocycles. The van der Waals surface area contributed by atoms with E-state index in [0.717, 1.165) is 6.42 Å². The molecule has 0 bridgehead atoms. The monoisotopic (exact) mass is 215 g/mol. The van der Waals surface area contributed by atoms with Crippen molar-refractivity contribution in [1.82, 2.24) is 0 Å². The molecule has 2 nitrogen and oxygen atoms in total. The molecule has 0 aliphatic heterocycles. The highest BCUT2D eigenvalue weighted by atomic mass is 35.5. The zero-order valence-electron chi connectivity index (χ0n) is 8.66. The average molecular weight is 216 g/mol. The molecule has 0 amide bonds. The third kappa shape index (κ3) is 3.29. The fourth-order valence-corrected chi connectivity index (χ4v) is 1.50. The van der Waals surface area contributed by atoms with E-state index >= 15 is 0 Å².